The molecule has 1 aromatic carbocycles. The molecule has 1 aliphatic heterocycles. The molecule has 3 heteroatoms. The van der Waals surface area contributed by atoms with E-state index in [0.29, 0.717) is 25.9 Å². The zero-order chi connectivity index (χ0) is 13.1. The Hall–Kier alpha value is -1.64. The molecule has 1 aromatic rings. The predicted molar refractivity (Wildman–Crippen MR) is 70.7 cm³/mol. The molecule has 0 atom stereocenters. The largest absolute Gasteiger partial charge is 0.338 e. The van der Waals surface area contributed by atoms with Gasteiger partial charge in [0.15, 0.2) is 0 Å². The van der Waals surface area contributed by atoms with Crippen molar-refractivity contribution in [3.8, 4) is 0 Å². The van der Waals surface area contributed by atoms with Crippen molar-refractivity contribution in [3.63, 3.8) is 0 Å². The van der Waals surface area contributed by atoms with Gasteiger partial charge in [-0.25, -0.2) is 0 Å². The number of nitrogens with zero attached hydrogens (tertiary/aromatic N) is 1. The molecule has 1 fully saturated rings. The lowest BCUT2D eigenvalue weighted by Gasteiger charge is -2.20. The van der Waals surface area contributed by atoms with Crippen molar-refractivity contribution in [3.05, 3.63) is 34.9 Å². The van der Waals surface area contributed by atoms with Gasteiger partial charge in [-0.3, -0.25) is 9.59 Å². The summed E-state index contributed by atoms with van der Waals surface area (Å²) in [7, 11) is 0. The highest BCUT2D eigenvalue weighted by molar-refractivity contribution is 5.95. The fraction of sp³-hybridized carbons (Fsp3) is 0.467. The molecule has 1 heterocycles. The minimum absolute atomic E-state index is 0.0489. The predicted octanol–water partition coefficient (Wildman–Crippen LogP) is 2.50. The van der Waals surface area contributed by atoms with E-state index in [1.807, 2.05) is 32.0 Å². The van der Waals surface area contributed by atoms with Crippen LogP contribution in [-0.2, 0) is 4.79 Å². The third-order valence-electron chi connectivity index (χ3n) is 3.59. The number of amides is 1. The number of rotatable bonds is 1. The topological polar surface area (TPSA) is 37.4 Å². The summed E-state index contributed by atoms with van der Waals surface area (Å²) in [6, 6.07) is 5.79. The first-order valence-corrected chi connectivity index (χ1v) is 6.46. The molecule has 18 heavy (non-hydrogen) atoms. The van der Waals surface area contributed by atoms with Crippen molar-refractivity contribution < 1.29 is 9.59 Å². The summed E-state index contributed by atoms with van der Waals surface area (Å²) in [5, 5.41) is 0. The summed E-state index contributed by atoms with van der Waals surface area (Å²) in [4.78, 5) is 25.5. The molecule has 1 aliphatic rings. The smallest absolute Gasteiger partial charge is 0.253 e. The number of ketones is 1. The van der Waals surface area contributed by atoms with E-state index >= 15 is 0 Å². The van der Waals surface area contributed by atoms with Gasteiger partial charge in [-0.05, 0) is 43.5 Å². The van der Waals surface area contributed by atoms with Crippen molar-refractivity contribution in [2.24, 2.45) is 0 Å². The molecule has 0 saturated carbocycles. The number of likely N-dealkylation sites (tertiary alicyclic amines) is 1. The van der Waals surface area contributed by atoms with Crippen LogP contribution in [0.25, 0.3) is 0 Å². The standard InChI is InChI=1S/C15H19NO2/c1-11-5-6-13(10-12(11)2)15(18)16-8-3-4-14(17)7-9-16/h5-6,10H,3-4,7-9H2,1-2H3. The van der Waals surface area contributed by atoms with Gasteiger partial charge in [-0.2, -0.15) is 0 Å². The van der Waals surface area contributed by atoms with Crippen molar-refractivity contribution >= 4 is 11.7 Å². The second-order valence-electron chi connectivity index (χ2n) is 4.98. The van der Waals surface area contributed by atoms with Gasteiger partial charge in [0.05, 0.1) is 0 Å². The Kier molecular flexibility index (Phi) is 3.80. The van der Waals surface area contributed by atoms with Crippen molar-refractivity contribution in [1.82, 2.24) is 4.90 Å². The van der Waals surface area contributed by atoms with Crippen LogP contribution in [-0.4, -0.2) is 29.7 Å². The Morgan fingerprint density at radius 3 is 2.61 bits per heavy atom. The summed E-state index contributed by atoms with van der Waals surface area (Å²) >= 11 is 0. The maximum atomic E-state index is 12.3. The quantitative estimate of drug-likeness (QED) is 0.762. The lowest BCUT2D eigenvalue weighted by molar-refractivity contribution is -0.118. The molecule has 0 unspecified atom stereocenters. The molecule has 96 valence electrons. The van der Waals surface area contributed by atoms with Gasteiger partial charge in [0.2, 0.25) is 0 Å². The van der Waals surface area contributed by atoms with Crippen LogP contribution in [0.15, 0.2) is 18.2 Å². The molecule has 2 rings (SSSR count). The molecular formula is C15H19NO2. The van der Waals surface area contributed by atoms with E-state index in [-0.39, 0.29) is 11.7 Å². The number of benzene rings is 1. The number of hydrogen-bond acceptors (Lipinski definition) is 2. The normalized spacial score (nSPS) is 16.6. The van der Waals surface area contributed by atoms with Crippen LogP contribution in [0.5, 0.6) is 0 Å². The van der Waals surface area contributed by atoms with Crippen molar-refractivity contribution in [1.29, 1.82) is 0 Å². The summed E-state index contributed by atoms with van der Waals surface area (Å²) in [5.41, 5.74) is 3.05. The van der Waals surface area contributed by atoms with Crippen LogP contribution in [0.4, 0.5) is 0 Å². The van der Waals surface area contributed by atoms with Crippen LogP contribution in [0, 0.1) is 13.8 Å². The lowest BCUT2D eigenvalue weighted by Crippen LogP contribution is -2.32. The molecule has 0 bridgehead atoms. The summed E-state index contributed by atoms with van der Waals surface area (Å²) in [5.74, 6) is 0.318. The molecule has 0 spiro atoms. The van der Waals surface area contributed by atoms with Gasteiger partial charge in [-0.15, -0.1) is 0 Å². The first-order chi connectivity index (χ1) is 8.58. The molecule has 0 aliphatic carbocycles. The number of Topliss-reactive ketones (excluding diaryl/α,β-unsaturated/α-hetero) is 1. The Morgan fingerprint density at radius 2 is 1.89 bits per heavy atom. The zero-order valence-corrected chi connectivity index (χ0v) is 11.0. The summed E-state index contributed by atoms with van der Waals surface area (Å²) in [6.07, 6.45) is 1.89. The van der Waals surface area contributed by atoms with E-state index < -0.39 is 0 Å². The molecule has 0 N–H and O–H groups in total. The average Bonchev–Trinajstić information content (AvgIpc) is 2.57. The molecule has 0 radical (unpaired) electrons. The van der Waals surface area contributed by atoms with Gasteiger partial charge in [0, 0.05) is 31.5 Å². The Bertz CT molecular complexity index is 479. The van der Waals surface area contributed by atoms with E-state index in [0.717, 1.165) is 17.5 Å². The summed E-state index contributed by atoms with van der Waals surface area (Å²) in [6.45, 7) is 5.30. The Labute approximate surface area is 108 Å². The maximum absolute atomic E-state index is 12.3. The Balaban J connectivity index is 2.14. The third-order valence-corrected chi connectivity index (χ3v) is 3.59. The fourth-order valence-electron chi connectivity index (χ4n) is 2.22. The minimum Gasteiger partial charge on any atom is -0.338 e. The molecule has 0 aromatic heterocycles. The number of hydrogen-bond donors (Lipinski definition) is 0. The number of aryl methyl sites for hydroxylation is 2. The van der Waals surface area contributed by atoms with E-state index in [9.17, 15) is 9.59 Å². The highest BCUT2D eigenvalue weighted by Gasteiger charge is 2.20. The van der Waals surface area contributed by atoms with Gasteiger partial charge in [0.1, 0.15) is 5.78 Å². The van der Waals surface area contributed by atoms with Crippen LogP contribution >= 0.6 is 0 Å². The van der Waals surface area contributed by atoms with Crippen molar-refractivity contribution in [2.45, 2.75) is 33.1 Å². The van der Waals surface area contributed by atoms with Crippen LogP contribution in [0.1, 0.15) is 40.7 Å². The average molecular weight is 245 g/mol. The highest BCUT2D eigenvalue weighted by atomic mass is 16.2. The number of carbonyl (C=O) groups excluding carboxylic acids is 2. The van der Waals surface area contributed by atoms with Crippen molar-refractivity contribution in [2.75, 3.05) is 13.1 Å². The first-order valence-electron chi connectivity index (χ1n) is 6.46. The van der Waals surface area contributed by atoms with E-state index in [4.69, 9.17) is 0 Å². The van der Waals surface area contributed by atoms with Gasteiger partial charge in [0.25, 0.3) is 5.91 Å². The van der Waals surface area contributed by atoms with Gasteiger partial charge < -0.3 is 4.90 Å². The number of carbonyl (C=O) groups is 2. The Morgan fingerprint density at radius 1 is 1.11 bits per heavy atom. The van der Waals surface area contributed by atoms with E-state index in [2.05, 4.69) is 0 Å². The highest BCUT2D eigenvalue weighted by Crippen LogP contribution is 2.14. The maximum Gasteiger partial charge on any atom is 0.253 e. The van der Waals surface area contributed by atoms with Crippen LogP contribution in [0.2, 0.25) is 0 Å². The zero-order valence-electron chi connectivity index (χ0n) is 11.0. The fourth-order valence-corrected chi connectivity index (χ4v) is 2.22. The molecular weight excluding hydrogens is 226 g/mol. The van der Waals surface area contributed by atoms with E-state index in [1.54, 1.807) is 4.90 Å². The molecule has 1 saturated heterocycles. The van der Waals surface area contributed by atoms with E-state index in [1.165, 1.54) is 5.56 Å². The second-order valence-corrected chi connectivity index (χ2v) is 4.98. The monoisotopic (exact) mass is 245 g/mol. The lowest BCUT2D eigenvalue weighted by atomic mass is 10.1. The van der Waals surface area contributed by atoms with Gasteiger partial charge >= 0.3 is 0 Å². The SMILES string of the molecule is Cc1ccc(C(=O)N2CCCC(=O)CC2)cc1C. The second kappa shape index (κ2) is 5.34. The first kappa shape index (κ1) is 12.8. The van der Waals surface area contributed by atoms with Gasteiger partial charge in [-0.1, -0.05) is 6.07 Å². The van der Waals surface area contributed by atoms with Crippen LogP contribution < -0.4 is 0 Å². The molecule has 1 amide bonds. The molecule has 3 nitrogen and oxygen atoms in total. The third kappa shape index (κ3) is 2.78. The minimum atomic E-state index is 0.0489. The summed E-state index contributed by atoms with van der Waals surface area (Å²) < 4.78 is 0. The van der Waals surface area contributed by atoms with Crippen LogP contribution in [0.3, 0.4) is 0 Å².